The average molecular weight is 393 g/mol. The Hall–Kier alpha value is -2.74. The third-order valence-electron chi connectivity index (χ3n) is 4.95. The summed E-state index contributed by atoms with van der Waals surface area (Å²) >= 11 is 0. The number of phenols is 1. The van der Waals surface area contributed by atoms with E-state index in [0.717, 1.165) is 11.8 Å². The number of carbonyl (C=O) groups excluding carboxylic acids is 1. The summed E-state index contributed by atoms with van der Waals surface area (Å²) in [7, 11) is 0. The van der Waals surface area contributed by atoms with E-state index in [0.29, 0.717) is 26.2 Å². The molecule has 0 radical (unpaired) electrons. The Morgan fingerprint density at radius 1 is 1.04 bits per heavy atom. The molecule has 1 saturated heterocycles. The highest BCUT2D eigenvalue weighted by Crippen LogP contribution is 2.34. The quantitative estimate of drug-likeness (QED) is 0.834. The van der Waals surface area contributed by atoms with Gasteiger partial charge < -0.3 is 15.3 Å². The molecule has 2 N–H and O–H groups in total. The fourth-order valence-corrected chi connectivity index (χ4v) is 3.32. The van der Waals surface area contributed by atoms with Gasteiger partial charge in [0, 0.05) is 26.2 Å². The van der Waals surface area contributed by atoms with Crippen molar-refractivity contribution in [1.82, 2.24) is 4.90 Å². The molecule has 1 fully saturated rings. The van der Waals surface area contributed by atoms with E-state index in [-0.39, 0.29) is 11.4 Å². The molecule has 1 aliphatic rings. The van der Waals surface area contributed by atoms with Crippen molar-refractivity contribution in [3.05, 3.63) is 54.1 Å². The topological polar surface area (TPSA) is 55.8 Å². The first-order valence-corrected chi connectivity index (χ1v) is 9.01. The normalized spacial score (nSPS) is 16.6. The summed E-state index contributed by atoms with van der Waals surface area (Å²) in [6, 6.07) is 11.4. The van der Waals surface area contributed by atoms with Gasteiger partial charge in [-0.1, -0.05) is 24.3 Å². The van der Waals surface area contributed by atoms with Crippen LogP contribution in [-0.4, -0.2) is 48.1 Å². The van der Waals surface area contributed by atoms with E-state index in [1.165, 1.54) is 18.2 Å². The highest BCUT2D eigenvalue weighted by atomic mass is 19.4. The SMILES string of the molecule is CC(C(=O)Nc1ccccc1C(F)(F)F)N1CCN(c2ccccc2O)CC1. The van der Waals surface area contributed by atoms with Crippen molar-refractivity contribution < 1.29 is 23.1 Å². The number of benzene rings is 2. The number of carbonyl (C=O) groups is 1. The monoisotopic (exact) mass is 393 g/mol. The lowest BCUT2D eigenvalue weighted by atomic mass is 10.1. The number of amides is 1. The summed E-state index contributed by atoms with van der Waals surface area (Å²) in [5.74, 6) is -0.279. The average Bonchev–Trinajstić information content (AvgIpc) is 2.67. The first-order valence-electron chi connectivity index (χ1n) is 9.01. The highest BCUT2D eigenvalue weighted by molar-refractivity contribution is 5.95. The van der Waals surface area contributed by atoms with Crippen LogP contribution in [0.15, 0.2) is 48.5 Å². The summed E-state index contributed by atoms with van der Waals surface area (Å²) in [6.07, 6.45) is -4.53. The number of alkyl halides is 3. The number of aromatic hydroxyl groups is 1. The van der Waals surface area contributed by atoms with Crippen molar-refractivity contribution in [2.45, 2.75) is 19.1 Å². The number of phenolic OH excluding ortho intramolecular Hbond substituents is 1. The van der Waals surface area contributed by atoms with Gasteiger partial charge >= 0.3 is 6.18 Å². The van der Waals surface area contributed by atoms with E-state index in [1.54, 1.807) is 19.1 Å². The molecule has 1 heterocycles. The number of halogens is 3. The maximum absolute atomic E-state index is 13.1. The first-order chi connectivity index (χ1) is 13.3. The van der Waals surface area contributed by atoms with Gasteiger partial charge in [0.2, 0.25) is 5.91 Å². The largest absolute Gasteiger partial charge is 0.506 e. The molecular formula is C20H22F3N3O2. The van der Waals surface area contributed by atoms with Gasteiger partial charge in [-0.05, 0) is 31.2 Å². The number of para-hydroxylation sites is 3. The molecule has 1 aliphatic heterocycles. The molecular weight excluding hydrogens is 371 g/mol. The predicted molar refractivity (Wildman–Crippen MR) is 101 cm³/mol. The Balaban J connectivity index is 1.62. The zero-order valence-electron chi connectivity index (χ0n) is 15.4. The molecule has 5 nitrogen and oxygen atoms in total. The lowest BCUT2D eigenvalue weighted by Gasteiger charge is -2.38. The number of nitrogens with zero attached hydrogens (tertiary/aromatic N) is 2. The van der Waals surface area contributed by atoms with Gasteiger partial charge in [-0.25, -0.2) is 0 Å². The molecule has 0 aromatic heterocycles. The first kappa shape index (κ1) is 20.0. The van der Waals surface area contributed by atoms with E-state index >= 15 is 0 Å². The van der Waals surface area contributed by atoms with Crippen LogP contribution in [0.3, 0.4) is 0 Å². The zero-order chi connectivity index (χ0) is 20.3. The van der Waals surface area contributed by atoms with Crippen molar-refractivity contribution in [2.75, 3.05) is 36.4 Å². The molecule has 1 amide bonds. The van der Waals surface area contributed by atoms with Crippen molar-refractivity contribution >= 4 is 17.3 Å². The van der Waals surface area contributed by atoms with E-state index in [4.69, 9.17) is 0 Å². The van der Waals surface area contributed by atoms with Crippen LogP contribution < -0.4 is 10.2 Å². The number of anilines is 2. The summed E-state index contributed by atoms with van der Waals surface area (Å²) < 4.78 is 39.3. The molecule has 0 spiro atoms. The predicted octanol–water partition coefficient (Wildman–Crippen LogP) is 3.56. The number of nitrogens with one attached hydrogen (secondary N) is 1. The Kier molecular flexibility index (Phi) is 5.79. The van der Waals surface area contributed by atoms with Gasteiger partial charge in [0.25, 0.3) is 0 Å². The Morgan fingerprint density at radius 3 is 2.29 bits per heavy atom. The summed E-state index contributed by atoms with van der Waals surface area (Å²) in [6.45, 7) is 4.01. The third-order valence-corrected chi connectivity index (χ3v) is 4.95. The number of piperazine rings is 1. The van der Waals surface area contributed by atoms with E-state index in [9.17, 15) is 23.1 Å². The molecule has 1 atom stereocenters. The van der Waals surface area contributed by atoms with Crippen molar-refractivity contribution in [3.8, 4) is 5.75 Å². The maximum atomic E-state index is 13.1. The van der Waals surface area contributed by atoms with Gasteiger partial charge in [0.1, 0.15) is 5.75 Å². The smallest absolute Gasteiger partial charge is 0.418 e. The van der Waals surface area contributed by atoms with E-state index < -0.39 is 23.7 Å². The summed E-state index contributed by atoms with van der Waals surface area (Å²) in [5, 5.41) is 12.4. The third kappa shape index (κ3) is 4.39. The van der Waals surface area contributed by atoms with Crippen LogP contribution >= 0.6 is 0 Å². The van der Waals surface area contributed by atoms with Crippen LogP contribution in [0.25, 0.3) is 0 Å². The number of hydrogen-bond acceptors (Lipinski definition) is 4. The second-order valence-corrected chi connectivity index (χ2v) is 6.72. The Labute approximate surface area is 161 Å². The van der Waals surface area contributed by atoms with Gasteiger partial charge in [0.05, 0.1) is 23.0 Å². The molecule has 0 bridgehead atoms. The molecule has 8 heteroatoms. The molecule has 0 saturated carbocycles. The highest BCUT2D eigenvalue weighted by Gasteiger charge is 2.34. The number of rotatable bonds is 4. The van der Waals surface area contributed by atoms with E-state index in [2.05, 4.69) is 5.32 Å². The van der Waals surface area contributed by atoms with E-state index in [1.807, 2.05) is 21.9 Å². The fraction of sp³-hybridized carbons (Fsp3) is 0.350. The van der Waals surface area contributed by atoms with Crippen LogP contribution in [0, 0.1) is 0 Å². The molecule has 2 aromatic carbocycles. The second-order valence-electron chi connectivity index (χ2n) is 6.72. The Bertz CT molecular complexity index is 833. The minimum absolute atomic E-state index is 0.200. The molecule has 28 heavy (non-hydrogen) atoms. The van der Waals surface area contributed by atoms with Gasteiger partial charge in [-0.2, -0.15) is 13.2 Å². The molecule has 1 unspecified atom stereocenters. The molecule has 2 aromatic rings. The van der Waals surface area contributed by atoms with Crippen LogP contribution in [0.1, 0.15) is 12.5 Å². The van der Waals surface area contributed by atoms with Crippen LogP contribution in [0.2, 0.25) is 0 Å². The van der Waals surface area contributed by atoms with Gasteiger partial charge in [0.15, 0.2) is 0 Å². The fourth-order valence-electron chi connectivity index (χ4n) is 3.32. The standard InChI is InChI=1S/C20H22F3N3O2/c1-14(19(28)24-16-7-3-2-6-15(16)20(21,22)23)25-10-12-26(13-11-25)17-8-4-5-9-18(17)27/h2-9,14,27H,10-13H2,1H3,(H,24,28). The Morgan fingerprint density at radius 2 is 1.64 bits per heavy atom. The second kappa shape index (κ2) is 8.10. The van der Waals surface area contributed by atoms with Gasteiger partial charge in [-0.3, -0.25) is 9.69 Å². The summed E-state index contributed by atoms with van der Waals surface area (Å²) in [4.78, 5) is 16.5. The van der Waals surface area contributed by atoms with Gasteiger partial charge in [-0.15, -0.1) is 0 Å². The summed E-state index contributed by atoms with van der Waals surface area (Å²) in [5.41, 5.74) is -0.363. The zero-order valence-corrected chi connectivity index (χ0v) is 15.4. The van der Waals surface area contributed by atoms with Crippen LogP contribution in [0.4, 0.5) is 24.5 Å². The van der Waals surface area contributed by atoms with Crippen molar-refractivity contribution in [2.24, 2.45) is 0 Å². The van der Waals surface area contributed by atoms with Crippen molar-refractivity contribution in [1.29, 1.82) is 0 Å². The lowest BCUT2D eigenvalue weighted by molar-refractivity contribution is -0.137. The minimum atomic E-state index is -4.53. The van der Waals surface area contributed by atoms with Crippen molar-refractivity contribution in [3.63, 3.8) is 0 Å². The van der Waals surface area contributed by atoms with Crippen LogP contribution in [0.5, 0.6) is 5.75 Å². The lowest BCUT2D eigenvalue weighted by Crippen LogP contribution is -2.52. The molecule has 3 rings (SSSR count). The molecule has 150 valence electrons. The number of hydrogen-bond donors (Lipinski definition) is 2. The maximum Gasteiger partial charge on any atom is 0.418 e. The van der Waals surface area contributed by atoms with Crippen LogP contribution in [-0.2, 0) is 11.0 Å². The minimum Gasteiger partial charge on any atom is -0.506 e. The molecule has 0 aliphatic carbocycles.